The minimum Gasteiger partial charge on any atom is -0.338 e. The van der Waals surface area contributed by atoms with Gasteiger partial charge >= 0.3 is 0 Å². The van der Waals surface area contributed by atoms with Crippen LogP contribution in [0.4, 0.5) is 5.69 Å². The van der Waals surface area contributed by atoms with Gasteiger partial charge in [-0.05, 0) is 48.4 Å². The normalized spacial score (nSPS) is 13.3. The van der Waals surface area contributed by atoms with Gasteiger partial charge in [0.05, 0.1) is 11.3 Å². The second kappa shape index (κ2) is 9.53. The lowest BCUT2D eigenvalue weighted by Gasteiger charge is -2.16. The van der Waals surface area contributed by atoms with Crippen LogP contribution in [0.2, 0.25) is 5.02 Å². The van der Waals surface area contributed by atoms with E-state index in [0.29, 0.717) is 34.9 Å². The van der Waals surface area contributed by atoms with Crippen molar-refractivity contribution in [3.05, 3.63) is 101 Å². The van der Waals surface area contributed by atoms with Gasteiger partial charge in [0, 0.05) is 42.0 Å². The zero-order valence-corrected chi connectivity index (χ0v) is 19.2. The van der Waals surface area contributed by atoms with E-state index in [-0.39, 0.29) is 11.8 Å². The fourth-order valence-corrected chi connectivity index (χ4v) is 4.24. The van der Waals surface area contributed by atoms with E-state index in [1.807, 2.05) is 71.6 Å². The summed E-state index contributed by atoms with van der Waals surface area (Å²) in [4.78, 5) is 27.2. The summed E-state index contributed by atoms with van der Waals surface area (Å²) >= 11 is 6.07. The van der Waals surface area contributed by atoms with Crippen molar-refractivity contribution in [3.8, 4) is 16.9 Å². The quantitative estimate of drug-likeness (QED) is 0.400. The Morgan fingerprint density at radius 2 is 1.79 bits per heavy atom. The zero-order chi connectivity index (χ0) is 23.5. The molecule has 0 unspecified atom stereocenters. The maximum atomic E-state index is 13.4. The predicted molar refractivity (Wildman–Crippen MR) is 133 cm³/mol. The van der Waals surface area contributed by atoms with Gasteiger partial charge in [-0.3, -0.25) is 9.59 Å². The van der Waals surface area contributed by atoms with E-state index in [0.717, 1.165) is 29.8 Å². The molecule has 6 nitrogen and oxygen atoms in total. The molecular formula is C27H23ClN4O2. The number of anilines is 1. The topological polar surface area (TPSA) is 67.2 Å². The number of rotatable bonds is 6. The summed E-state index contributed by atoms with van der Waals surface area (Å²) in [7, 11) is 0. The molecular weight excluding hydrogens is 448 g/mol. The number of hydrogen-bond donors (Lipinski definition) is 1. The first-order chi connectivity index (χ1) is 16.6. The average Bonchev–Trinajstić information content (AvgIpc) is 3.47. The van der Waals surface area contributed by atoms with Crippen LogP contribution in [0.3, 0.4) is 0 Å². The standard InChI is InChI=1S/C27H23ClN4O2/c28-21-13-11-20(12-14-21)26-24(18-32(30-26)23-8-2-1-3-9-23)27(34)29-22-7-4-6-19(16-22)17-31-15-5-10-25(31)33/h1-4,6-9,11-14,16,18H,5,10,15,17H2,(H,29,34). The van der Waals surface area contributed by atoms with Crippen molar-refractivity contribution < 1.29 is 9.59 Å². The molecule has 3 aromatic carbocycles. The Labute approximate surface area is 202 Å². The molecule has 4 aromatic rings. The van der Waals surface area contributed by atoms with E-state index in [9.17, 15) is 9.59 Å². The number of carbonyl (C=O) groups excluding carboxylic acids is 2. The summed E-state index contributed by atoms with van der Waals surface area (Å²) in [6.07, 6.45) is 3.24. The number of carbonyl (C=O) groups is 2. The first kappa shape index (κ1) is 21.9. The highest BCUT2D eigenvalue weighted by molar-refractivity contribution is 6.30. The second-order valence-corrected chi connectivity index (χ2v) is 8.69. The Bertz CT molecular complexity index is 1330. The van der Waals surface area contributed by atoms with Crippen LogP contribution in [0.15, 0.2) is 85.1 Å². The molecule has 0 spiro atoms. The lowest BCUT2D eigenvalue weighted by atomic mass is 10.1. The Kier molecular flexibility index (Phi) is 6.14. The lowest BCUT2D eigenvalue weighted by molar-refractivity contribution is -0.128. The molecule has 1 fully saturated rings. The van der Waals surface area contributed by atoms with E-state index >= 15 is 0 Å². The van der Waals surface area contributed by atoms with Gasteiger partial charge in [-0.15, -0.1) is 0 Å². The van der Waals surface area contributed by atoms with Crippen molar-refractivity contribution in [2.75, 3.05) is 11.9 Å². The van der Waals surface area contributed by atoms with Gasteiger partial charge in [0.25, 0.3) is 5.91 Å². The van der Waals surface area contributed by atoms with Crippen molar-refractivity contribution in [2.24, 2.45) is 0 Å². The molecule has 1 aromatic heterocycles. The number of benzene rings is 3. The Morgan fingerprint density at radius 3 is 2.53 bits per heavy atom. The van der Waals surface area contributed by atoms with Crippen molar-refractivity contribution in [1.82, 2.24) is 14.7 Å². The molecule has 0 aliphatic carbocycles. The molecule has 0 atom stereocenters. The summed E-state index contributed by atoms with van der Waals surface area (Å²) in [5.74, 6) is -0.0862. The summed E-state index contributed by atoms with van der Waals surface area (Å²) in [5, 5.41) is 8.32. The Hall–Kier alpha value is -3.90. The van der Waals surface area contributed by atoms with Gasteiger partial charge in [0.2, 0.25) is 5.91 Å². The number of nitrogens with zero attached hydrogens (tertiary/aromatic N) is 3. The number of likely N-dealkylation sites (tertiary alicyclic amines) is 1. The number of halogens is 1. The molecule has 1 aliphatic rings. The highest BCUT2D eigenvalue weighted by Crippen LogP contribution is 2.26. The molecule has 0 saturated carbocycles. The fraction of sp³-hybridized carbons (Fsp3) is 0.148. The third kappa shape index (κ3) is 4.72. The van der Waals surface area contributed by atoms with Gasteiger partial charge < -0.3 is 10.2 Å². The van der Waals surface area contributed by atoms with Crippen LogP contribution < -0.4 is 5.32 Å². The molecule has 2 heterocycles. The minimum atomic E-state index is -0.262. The number of aromatic nitrogens is 2. The minimum absolute atomic E-state index is 0.176. The molecule has 0 bridgehead atoms. The maximum Gasteiger partial charge on any atom is 0.259 e. The van der Waals surface area contributed by atoms with Crippen LogP contribution in [0.1, 0.15) is 28.8 Å². The third-order valence-corrected chi connectivity index (χ3v) is 6.08. The van der Waals surface area contributed by atoms with Crippen LogP contribution in [0.25, 0.3) is 16.9 Å². The Balaban J connectivity index is 1.44. The largest absolute Gasteiger partial charge is 0.338 e. The maximum absolute atomic E-state index is 13.4. The highest BCUT2D eigenvalue weighted by atomic mass is 35.5. The molecule has 170 valence electrons. The van der Waals surface area contributed by atoms with Crippen molar-refractivity contribution in [3.63, 3.8) is 0 Å². The van der Waals surface area contributed by atoms with E-state index < -0.39 is 0 Å². The first-order valence-corrected chi connectivity index (χ1v) is 11.5. The summed E-state index contributed by atoms with van der Waals surface area (Å²) in [6, 6.07) is 24.5. The van der Waals surface area contributed by atoms with E-state index in [1.54, 1.807) is 23.0 Å². The molecule has 1 aliphatic heterocycles. The van der Waals surface area contributed by atoms with Crippen molar-refractivity contribution in [1.29, 1.82) is 0 Å². The van der Waals surface area contributed by atoms with Crippen LogP contribution in [-0.2, 0) is 11.3 Å². The van der Waals surface area contributed by atoms with Crippen LogP contribution in [-0.4, -0.2) is 33.0 Å². The molecule has 1 N–H and O–H groups in total. The Morgan fingerprint density at radius 1 is 1.00 bits per heavy atom. The average molecular weight is 471 g/mol. The summed E-state index contributed by atoms with van der Waals surface area (Å²) < 4.78 is 1.70. The van der Waals surface area contributed by atoms with Gasteiger partial charge in [0.1, 0.15) is 5.69 Å². The van der Waals surface area contributed by atoms with E-state index in [4.69, 9.17) is 16.7 Å². The molecule has 5 rings (SSSR count). The third-order valence-electron chi connectivity index (χ3n) is 5.83. The zero-order valence-electron chi connectivity index (χ0n) is 18.4. The van der Waals surface area contributed by atoms with Crippen molar-refractivity contribution >= 4 is 29.1 Å². The van der Waals surface area contributed by atoms with Gasteiger partial charge in [-0.1, -0.05) is 54.1 Å². The molecule has 7 heteroatoms. The smallest absolute Gasteiger partial charge is 0.259 e. The SMILES string of the molecule is O=C(Nc1cccc(CN2CCCC2=O)c1)c1cn(-c2ccccc2)nc1-c1ccc(Cl)cc1. The van der Waals surface area contributed by atoms with Crippen LogP contribution in [0.5, 0.6) is 0 Å². The van der Waals surface area contributed by atoms with E-state index in [1.165, 1.54) is 0 Å². The molecule has 0 radical (unpaired) electrons. The monoisotopic (exact) mass is 470 g/mol. The first-order valence-electron chi connectivity index (χ1n) is 11.2. The van der Waals surface area contributed by atoms with Gasteiger partial charge in [-0.25, -0.2) is 4.68 Å². The summed E-state index contributed by atoms with van der Waals surface area (Å²) in [5.41, 5.74) is 4.32. The number of amides is 2. The van der Waals surface area contributed by atoms with Gasteiger partial charge in [-0.2, -0.15) is 5.10 Å². The number of hydrogen-bond acceptors (Lipinski definition) is 3. The lowest BCUT2D eigenvalue weighted by Crippen LogP contribution is -2.23. The van der Waals surface area contributed by atoms with E-state index in [2.05, 4.69) is 5.32 Å². The fourth-order valence-electron chi connectivity index (χ4n) is 4.11. The highest BCUT2D eigenvalue weighted by Gasteiger charge is 2.21. The van der Waals surface area contributed by atoms with Crippen LogP contribution >= 0.6 is 11.6 Å². The predicted octanol–water partition coefficient (Wildman–Crippen LogP) is 5.57. The molecule has 1 saturated heterocycles. The summed E-state index contributed by atoms with van der Waals surface area (Å²) in [6.45, 7) is 1.32. The molecule has 2 amide bonds. The number of para-hydroxylation sites is 1. The van der Waals surface area contributed by atoms with Crippen LogP contribution in [0, 0.1) is 0 Å². The number of nitrogens with one attached hydrogen (secondary N) is 1. The van der Waals surface area contributed by atoms with Crippen molar-refractivity contribution in [2.45, 2.75) is 19.4 Å². The molecule has 34 heavy (non-hydrogen) atoms. The van der Waals surface area contributed by atoms with Gasteiger partial charge in [0.15, 0.2) is 0 Å². The second-order valence-electron chi connectivity index (χ2n) is 8.25.